The van der Waals surface area contributed by atoms with Gasteiger partial charge in [-0.25, -0.2) is 16.1 Å². The van der Waals surface area contributed by atoms with Gasteiger partial charge in [0.2, 0.25) is 0 Å². The van der Waals surface area contributed by atoms with Crippen molar-refractivity contribution in [1.29, 1.82) is 0 Å². The van der Waals surface area contributed by atoms with Gasteiger partial charge in [-0.1, -0.05) is 5.21 Å². The number of ether oxygens (including phenoxy) is 1. The second kappa shape index (κ2) is 4.78. The number of rotatable bonds is 2. The van der Waals surface area contributed by atoms with E-state index in [0.29, 0.717) is 11.5 Å². The van der Waals surface area contributed by atoms with Crippen LogP contribution in [0.3, 0.4) is 0 Å². The number of fused-ring (bicyclic) bond motifs is 1. The van der Waals surface area contributed by atoms with E-state index < -0.39 is 11.5 Å². The Bertz CT molecular complexity index is 786. The first-order valence-electron chi connectivity index (χ1n) is 6.11. The summed E-state index contributed by atoms with van der Waals surface area (Å²) < 4.78 is 6.45. The molecule has 0 saturated carbocycles. The van der Waals surface area contributed by atoms with Gasteiger partial charge in [0.15, 0.2) is 6.54 Å². The third-order valence-electron chi connectivity index (χ3n) is 3.16. The quantitative estimate of drug-likeness (QED) is 0.452. The molecular formula is C12H13N6O3+. The van der Waals surface area contributed by atoms with Gasteiger partial charge in [-0.3, -0.25) is 4.79 Å². The van der Waals surface area contributed by atoms with Crippen LogP contribution in [0, 0.1) is 0 Å². The summed E-state index contributed by atoms with van der Waals surface area (Å²) in [7, 11) is 1.58. The zero-order chi connectivity index (χ0) is 15.0. The molecule has 0 spiro atoms. The molecule has 1 amide bonds. The lowest BCUT2D eigenvalue weighted by Crippen LogP contribution is -2.46. The fourth-order valence-electron chi connectivity index (χ4n) is 2.08. The first-order valence-corrected chi connectivity index (χ1v) is 6.11. The van der Waals surface area contributed by atoms with Gasteiger partial charge in [0.05, 0.1) is 7.11 Å². The van der Waals surface area contributed by atoms with E-state index in [4.69, 9.17) is 10.6 Å². The molecule has 0 radical (unpaired) electrons. The van der Waals surface area contributed by atoms with E-state index in [0.717, 1.165) is 10.4 Å². The Morgan fingerprint density at radius 1 is 1.33 bits per heavy atom. The van der Waals surface area contributed by atoms with Gasteiger partial charge in [-0.05, 0) is 29.1 Å². The van der Waals surface area contributed by atoms with E-state index in [1.54, 1.807) is 19.2 Å². The van der Waals surface area contributed by atoms with Gasteiger partial charge >= 0.3 is 17.2 Å². The maximum Gasteiger partial charge on any atom is 0.430 e. The summed E-state index contributed by atoms with van der Waals surface area (Å²) in [6.45, 7) is 0.208. The first-order chi connectivity index (χ1) is 10.1. The molecule has 0 bridgehead atoms. The van der Waals surface area contributed by atoms with E-state index in [2.05, 4.69) is 15.7 Å². The van der Waals surface area contributed by atoms with Gasteiger partial charge < -0.3 is 4.74 Å². The normalized spacial score (nSPS) is 14.0. The molecule has 2 heterocycles. The number of nitrogen functional groups attached to an aromatic ring is 1. The lowest BCUT2D eigenvalue weighted by molar-refractivity contribution is -0.742. The van der Waals surface area contributed by atoms with E-state index in [1.807, 2.05) is 12.1 Å². The molecule has 0 aliphatic carbocycles. The number of nitrogens with one attached hydrogen (secondary N) is 2. The Kier molecular flexibility index (Phi) is 2.94. The number of carbonyl (C=O) groups is 1. The highest BCUT2D eigenvalue weighted by molar-refractivity contribution is 6.02. The molecule has 0 saturated heterocycles. The Morgan fingerprint density at radius 2 is 2.05 bits per heavy atom. The highest BCUT2D eigenvalue weighted by atomic mass is 16.5. The number of nitrogens with two attached hydrogens (primary N) is 1. The summed E-state index contributed by atoms with van der Waals surface area (Å²) in [5.41, 5.74) is 3.01. The average Bonchev–Trinajstić information content (AvgIpc) is 2.67. The van der Waals surface area contributed by atoms with Crippen LogP contribution in [0.1, 0.15) is 16.1 Å². The summed E-state index contributed by atoms with van der Waals surface area (Å²) in [6, 6.07) is 7.19. The Labute approximate surface area is 118 Å². The topological polar surface area (TPSA) is 118 Å². The highest BCUT2D eigenvalue weighted by Crippen LogP contribution is 2.12. The Balaban J connectivity index is 2.01. The van der Waals surface area contributed by atoms with Crippen molar-refractivity contribution in [3.8, 4) is 5.75 Å². The Morgan fingerprint density at radius 3 is 2.71 bits per heavy atom. The molecule has 1 aliphatic rings. The van der Waals surface area contributed by atoms with Crippen molar-refractivity contribution in [2.75, 3.05) is 13.0 Å². The average molecular weight is 289 g/mol. The van der Waals surface area contributed by atoms with Gasteiger partial charge in [0.1, 0.15) is 11.5 Å². The molecule has 9 nitrogen and oxygen atoms in total. The molecule has 3 rings (SSSR count). The number of nitrogens with zero attached hydrogens (tertiary/aromatic N) is 3. The minimum Gasteiger partial charge on any atom is -0.497 e. The lowest BCUT2D eigenvalue weighted by atomic mass is 10.1. The zero-order valence-electron chi connectivity index (χ0n) is 11.2. The number of aromatic nitrogens is 3. The van der Waals surface area contributed by atoms with Crippen LogP contribution in [0.5, 0.6) is 5.75 Å². The number of benzene rings is 1. The van der Waals surface area contributed by atoms with Crippen molar-refractivity contribution in [3.63, 3.8) is 0 Å². The molecule has 1 aromatic heterocycles. The smallest absolute Gasteiger partial charge is 0.430 e. The second-order valence-corrected chi connectivity index (χ2v) is 4.44. The molecule has 0 atom stereocenters. The van der Waals surface area contributed by atoms with Crippen molar-refractivity contribution in [3.05, 3.63) is 45.9 Å². The minimum atomic E-state index is -0.612. The molecule has 0 fully saturated rings. The molecule has 0 unspecified atom stereocenters. The van der Waals surface area contributed by atoms with Gasteiger partial charge in [0, 0.05) is 5.56 Å². The van der Waals surface area contributed by atoms with Crippen molar-refractivity contribution < 1.29 is 14.2 Å². The summed E-state index contributed by atoms with van der Waals surface area (Å²) in [6.07, 6.45) is 0. The summed E-state index contributed by atoms with van der Waals surface area (Å²) in [5.74, 6) is 5.55. The molecule has 108 valence electrons. The highest BCUT2D eigenvalue weighted by Gasteiger charge is 2.31. The number of carbonyl (C=O) groups excluding carboxylic acids is 1. The molecule has 2 aromatic rings. The number of amides is 1. The minimum absolute atomic E-state index is 0.0928. The van der Waals surface area contributed by atoms with Crippen molar-refractivity contribution in [2.45, 2.75) is 6.54 Å². The fourth-order valence-corrected chi connectivity index (χ4v) is 2.08. The number of hydrogen-bond acceptors (Lipinski definition) is 5. The summed E-state index contributed by atoms with van der Waals surface area (Å²) >= 11 is 0. The van der Waals surface area contributed by atoms with Crippen molar-refractivity contribution >= 4 is 11.6 Å². The van der Waals surface area contributed by atoms with Crippen LogP contribution in [0.25, 0.3) is 0 Å². The first kappa shape index (κ1) is 12.9. The van der Waals surface area contributed by atoms with Crippen LogP contribution in [0.4, 0.5) is 0 Å². The maximum atomic E-state index is 11.9. The van der Waals surface area contributed by atoms with Crippen molar-refractivity contribution in [2.24, 2.45) is 5.10 Å². The van der Waals surface area contributed by atoms with E-state index in [1.165, 1.54) is 4.68 Å². The SMILES string of the molecule is COc1ccc(C2=NNC(=O)c3c(=O)n(N)[nH][n+]3C2)cc1. The van der Waals surface area contributed by atoms with Gasteiger partial charge in [0.25, 0.3) is 0 Å². The van der Waals surface area contributed by atoms with E-state index in [-0.39, 0.29) is 12.2 Å². The molecular weight excluding hydrogens is 276 g/mol. The standard InChI is InChI=1S/C12H12N6O3/c1-21-8-4-2-7(3-5-8)9-6-17-10(11(19)15-14-9)12(20)18(13)16-17/h2-5H,6H2,1H3,(H3-,13,15,16,19,20)/p+1. The van der Waals surface area contributed by atoms with Gasteiger partial charge in [-0.2, -0.15) is 5.10 Å². The van der Waals surface area contributed by atoms with Gasteiger partial charge in [-0.15, -0.1) is 4.68 Å². The van der Waals surface area contributed by atoms with E-state index >= 15 is 0 Å². The third kappa shape index (κ3) is 2.14. The number of hydrazone groups is 1. The number of H-pyrrole nitrogens is 1. The summed E-state index contributed by atoms with van der Waals surface area (Å²) in [5, 5.41) is 6.62. The number of aromatic amines is 1. The number of methoxy groups -OCH3 is 1. The molecule has 4 N–H and O–H groups in total. The largest absolute Gasteiger partial charge is 0.497 e. The van der Waals surface area contributed by atoms with Crippen LogP contribution < -0.4 is 26.2 Å². The fraction of sp³-hybridized carbons (Fsp3) is 0.167. The monoisotopic (exact) mass is 289 g/mol. The Hall–Kier alpha value is -3.10. The summed E-state index contributed by atoms with van der Waals surface area (Å²) in [4.78, 5) is 24.4. The maximum absolute atomic E-state index is 11.9. The third-order valence-corrected chi connectivity index (χ3v) is 3.16. The number of hydrogen-bond donors (Lipinski definition) is 3. The molecule has 21 heavy (non-hydrogen) atoms. The van der Waals surface area contributed by atoms with Crippen LogP contribution in [0.15, 0.2) is 34.2 Å². The van der Waals surface area contributed by atoms with Crippen LogP contribution >= 0.6 is 0 Å². The predicted molar refractivity (Wildman–Crippen MR) is 72.4 cm³/mol. The zero-order valence-corrected chi connectivity index (χ0v) is 11.2. The molecule has 1 aliphatic heterocycles. The van der Waals surface area contributed by atoms with Crippen LogP contribution in [-0.2, 0) is 6.54 Å². The second-order valence-electron chi connectivity index (χ2n) is 4.44. The van der Waals surface area contributed by atoms with Crippen LogP contribution in [0.2, 0.25) is 0 Å². The predicted octanol–water partition coefficient (Wildman–Crippen LogP) is -1.67. The van der Waals surface area contributed by atoms with E-state index in [9.17, 15) is 9.59 Å². The van der Waals surface area contributed by atoms with Crippen molar-refractivity contribution in [1.82, 2.24) is 15.4 Å². The molecule has 1 aromatic carbocycles. The molecule has 9 heteroatoms. The van der Waals surface area contributed by atoms with Crippen LogP contribution in [-0.4, -0.2) is 28.7 Å². The lowest BCUT2D eigenvalue weighted by Gasteiger charge is -2.04.